The minimum Gasteiger partial charge on any atom is -0.468 e. The average Bonchev–Trinajstić information content (AvgIpc) is 3.10. The third-order valence-corrected chi connectivity index (χ3v) is 4.71. The molecule has 0 fully saturated rings. The van der Waals surface area contributed by atoms with Gasteiger partial charge in [-0.1, -0.05) is 30.3 Å². The van der Waals surface area contributed by atoms with E-state index < -0.39 is 29.4 Å². The highest BCUT2D eigenvalue weighted by atomic mass is 16.5. The Labute approximate surface area is 150 Å². The maximum atomic E-state index is 12.4. The minimum absolute atomic E-state index is 0.0681. The lowest BCUT2D eigenvalue weighted by atomic mass is 9.80. The van der Waals surface area contributed by atoms with Gasteiger partial charge in [0.1, 0.15) is 23.2 Å². The second-order valence-corrected chi connectivity index (χ2v) is 6.26. The topological polar surface area (TPSA) is 97.6 Å². The molecule has 0 aliphatic carbocycles. The standard InChI is InChI=1S/C18H19N3O5/c1-10(22)21-15-12(16(23)25-3)13(17(24)26-4)19-18(15,2)14(20-21)11-8-6-5-7-9-11/h5-9,12,15H,1-4H3. The summed E-state index contributed by atoms with van der Waals surface area (Å²) < 4.78 is 9.65. The van der Waals surface area contributed by atoms with E-state index >= 15 is 0 Å². The molecule has 0 bridgehead atoms. The van der Waals surface area contributed by atoms with Gasteiger partial charge in [0, 0.05) is 12.5 Å². The van der Waals surface area contributed by atoms with Crippen molar-refractivity contribution >= 4 is 29.3 Å². The number of fused-ring (bicyclic) bond motifs is 1. The van der Waals surface area contributed by atoms with E-state index in [2.05, 4.69) is 10.1 Å². The zero-order valence-corrected chi connectivity index (χ0v) is 14.9. The van der Waals surface area contributed by atoms with Crippen LogP contribution in [0.4, 0.5) is 0 Å². The van der Waals surface area contributed by atoms with E-state index in [0.29, 0.717) is 5.71 Å². The summed E-state index contributed by atoms with van der Waals surface area (Å²) in [5.41, 5.74) is 0.116. The Balaban J connectivity index is 2.20. The van der Waals surface area contributed by atoms with E-state index in [-0.39, 0.29) is 11.6 Å². The minimum atomic E-state index is -1.08. The first-order valence-corrected chi connectivity index (χ1v) is 8.05. The third kappa shape index (κ3) is 2.49. The number of hydrogen-bond acceptors (Lipinski definition) is 7. The molecule has 0 radical (unpaired) electrons. The van der Waals surface area contributed by atoms with Gasteiger partial charge in [0.2, 0.25) is 5.91 Å². The van der Waals surface area contributed by atoms with Crippen LogP contribution >= 0.6 is 0 Å². The number of benzene rings is 1. The quantitative estimate of drug-likeness (QED) is 0.745. The van der Waals surface area contributed by atoms with Gasteiger partial charge in [0.15, 0.2) is 0 Å². The van der Waals surface area contributed by atoms with Gasteiger partial charge in [-0.25, -0.2) is 9.80 Å². The summed E-state index contributed by atoms with van der Waals surface area (Å²) in [4.78, 5) is 41.4. The first-order chi connectivity index (χ1) is 12.3. The van der Waals surface area contributed by atoms with Crippen molar-refractivity contribution in [3.05, 3.63) is 35.9 Å². The van der Waals surface area contributed by atoms with Crippen LogP contribution in [0.25, 0.3) is 0 Å². The molecule has 0 saturated heterocycles. The maximum absolute atomic E-state index is 12.4. The van der Waals surface area contributed by atoms with Crippen LogP contribution in [0.3, 0.4) is 0 Å². The molecule has 3 unspecified atom stereocenters. The summed E-state index contributed by atoms with van der Waals surface area (Å²) >= 11 is 0. The number of amides is 1. The van der Waals surface area contributed by atoms with Gasteiger partial charge < -0.3 is 9.47 Å². The van der Waals surface area contributed by atoms with Crippen LogP contribution in [0.1, 0.15) is 19.4 Å². The van der Waals surface area contributed by atoms with Crippen molar-refractivity contribution in [2.45, 2.75) is 25.4 Å². The van der Waals surface area contributed by atoms with Crippen LogP contribution in [0.5, 0.6) is 0 Å². The number of nitrogens with zero attached hydrogens (tertiary/aromatic N) is 3. The van der Waals surface area contributed by atoms with Crippen molar-refractivity contribution < 1.29 is 23.9 Å². The molecule has 1 aromatic rings. The van der Waals surface area contributed by atoms with Crippen molar-refractivity contribution in [2.75, 3.05) is 14.2 Å². The van der Waals surface area contributed by atoms with Gasteiger partial charge in [-0.3, -0.25) is 14.6 Å². The number of methoxy groups -OCH3 is 2. The molecule has 0 N–H and O–H groups in total. The highest BCUT2D eigenvalue weighted by Crippen LogP contribution is 2.43. The van der Waals surface area contributed by atoms with Crippen LogP contribution < -0.4 is 0 Å². The molecule has 8 nitrogen and oxygen atoms in total. The molecule has 2 aliphatic rings. The Bertz CT molecular complexity index is 832. The van der Waals surface area contributed by atoms with Crippen LogP contribution in [-0.4, -0.2) is 60.1 Å². The monoisotopic (exact) mass is 357 g/mol. The van der Waals surface area contributed by atoms with Crippen molar-refractivity contribution in [3.8, 4) is 0 Å². The third-order valence-electron chi connectivity index (χ3n) is 4.71. The first-order valence-electron chi connectivity index (χ1n) is 8.05. The Morgan fingerprint density at radius 1 is 1.12 bits per heavy atom. The first kappa shape index (κ1) is 17.8. The number of hydrogen-bond donors (Lipinski definition) is 0. The molecule has 136 valence electrons. The summed E-state index contributed by atoms with van der Waals surface area (Å²) in [6.45, 7) is 3.10. The molecule has 2 aliphatic heterocycles. The molecular formula is C18H19N3O5. The summed E-state index contributed by atoms with van der Waals surface area (Å²) in [6.07, 6.45) is 0. The van der Waals surface area contributed by atoms with Gasteiger partial charge in [-0.05, 0) is 6.92 Å². The molecule has 3 rings (SSSR count). The summed E-state index contributed by atoms with van der Waals surface area (Å²) in [7, 11) is 2.43. The van der Waals surface area contributed by atoms with Crippen molar-refractivity contribution in [1.82, 2.24) is 5.01 Å². The second-order valence-electron chi connectivity index (χ2n) is 6.26. The molecule has 1 amide bonds. The zero-order chi connectivity index (χ0) is 19.1. The number of carbonyl (C=O) groups is 3. The molecule has 8 heteroatoms. The lowest BCUT2D eigenvalue weighted by Gasteiger charge is -2.29. The molecule has 1 aromatic carbocycles. The molecule has 26 heavy (non-hydrogen) atoms. The van der Waals surface area contributed by atoms with E-state index in [1.54, 1.807) is 6.92 Å². The predicted octanol–water partition coefficient (Wildman–Crippen LogP) is 0.797. The number of carbonyl (C=O) groups excluding carboxylic acids is 3. The van der Waals surface area contributed by atoms with Crippen molar-refractivity contribution in [3.63, 3.8) is 0 Å². The van der Waals surface area contributed by atoms with Crippen LogP contribution in [0.2, 0.25) is 0 Å². The van der Waals surface area contributed by atoms with Gasteiger partial charge in [0.25, 0.3) is 0 Å². The van der Waals surface area contributed by atoms with Crippen molar-refractivity contribution in [1.29, 1.82) is 0 Å². The SMILES string of the molecule is COC(=O)C1=NC2(C)C(c3ccccc3)=NN(C(C)=O)C2C1C(=O)OC. The molecule has 0 saturated carbocycles. The van der Waals surface area contributed by atoms with E-state index in [1.807, 2.05) is 30.3 Å². The number of aliphatic imine (C=N–C) groups is 1. The van der Waals surface area contributed by atoms with Gasteiger partial charge >= 0.3 is 11.9 Å². The largest absolute Gasteiger partial charge is 0.468 e. The van der Waals surface area contributed by atoms with Gasteiger partial charge in [-0.2, -0.15) is 5.10 Å². The smallest absolute Gasteiger partial charge is 0.352 e. The molecule has 2 heterocycles. The van der Waals surface area contributed by atoms with E-state index in [1.165, 1.54) is 26.2 Å². The highest BCUT2D eigenvalue weighted by Gasteiger charge is 2.62. The fraction of sp³-hybridized carbons (Fsp3) is 0.389. The second kappa shape index (κ2) is 6.36. The molecule has 0 spiro atoms. The molecule has 3 atom stereocenters. The highest BCUT2D eigenvalue weighted by molar-refractivity contribution is 6.42. The number of rotatable bonds is 3. The Morgan fingerprint density at radius 2 is 1.77 bits per heavy atom. The van der Waals surface area contributed by atoms with E-state index in [9.17, 15) is 14.4 Å². The fourth-order valence-corrected chi connectivity index (χ4v) is 3.56. The van der Waals surface area contributed by atoms with E-state index in [4.69, 9.17) is 9.47 Å². The van der Waals surface area contributed by atoms with Gasteiger partial charge in [0.05, 0.1) is 19.9 Å². The summed E-state index contributed by atoms with van der Waals surface area (Å²) in [5, 5.41) is 5.65. The Kier molecular flexibility index (Phi) is 4.35. The number of hydrazone groups is 1. The molecular weight excluding hydrogens is 338 g/mol. The maximum Gasteiger partial charge on any atom is 0.352 e. The van der Waals surface area contributed by atoms with Crippen molar-refractivity contribution in [2.24, 2.45) is 16.0 Å². The molecule has 0 aromatic heterocycles. The Hall–Kier alpha value is -3.03. The predicted molar refractivity (Wildman–Crippen MR) is 92.6 cm³/mol. The van der Waals surface area contributed by atoms with Crippen LogP contribution in [0, 0.1) is 5.92 Å². The lowest BCUT2D eigenvalue weighted by Crippen LogP contribution is -2.51. The van der Waals surface area contributed by atoms with Crippen LogP contribution in [0.15, 0.2) is 40.4 Å². The van der Waals surface area contributed by atoms with Gasteiger partial charge in [-0.15, -0.1) is 0 Å². The van der Waals surface area contributed by atoms with E-state index in [0.717, 1.165) is 5.56 Å². The lowest BCUT2D eigenvalue weighted by molar-refractivity contribution is -0.147. The number of esters is 2. The zero-order valence-electron chi connectivity index (χ0n) is 14.9. The Morgan fingerprint density at radius 3 is 2.31 bits per heavy atom. The fourth-order valence-electron chi connectivity index (χ4n) is 3.56. The number of ether oxygens (including phenoxy) is 2. The normalized spacial score (nSPS) is 26.7. The summed E-state index contributed by atoms with van der Waals surface area (Å²) in [6, 6.07) is 8.41. The average molecular weight is 357 g/mol. The van der Waals surface area contributed by atoms with Crippen LogP contribution in [-0.2, 0) is 23.9 Å². The summed E-state index contributed by atoms with van der Waals surface area (Å²) in [5.74, 6) is -2.83.